The molecule has 0 aliphatic carbocycles. The molecule has 1 aliphatic heterocycles. The first kappa shape index (κ1) is 12.3. The number of hydrogen-bond acceptors (Lipinski definition) is 6. The molecule has 1 aromatic rings. The van der Waals surface area contributed by atoms with E-state index < -0.39 is 0 Å². The Morgan fingerprint density at radius 2 is 2.18 bits per heavy atom. The van der Waals surface area contributed by atoms with Crippen molar-refractivity contribution in [3.05, 3.63) is 5.28 Å². The van der Waals surface area contributed by atoms with Crippen LogP contribution in [0.4, 0.5) is 11.9 Å². The van der Waals surface area contributed by atoms with Gasteiger partial charge in [-0.1, -0.05) is 0 Å². The van der Waals surface area contributed by atoms with E-state index in [2.05, 4.69) is 15.0 Å². The third-order valence-corrected chi connectivity index (χ3v) is 2.98. The summed E-state index contributed by atoms with van der Waals surface area (Å²) in [5.41, 5.74) is 0. The number of hydrogen-bond donors (Lipinski definition) is 1. The van der Waals surface area contributed by atoms with E-state index in [1.165, 1.54) is 0 Å². The minimum absolute atomic E-state index is 0.200. The quantitative estimate of drug-likeness (QED) is 0.846. The van der Waals surface area contributed by atoms with Crippen LogP contribution in [0.5, 0.6) is 0 Å². The Balaban J connectivity index is 2.21. The second-order valence-corrected chi connectivity index (χ2v) is 4.72. The molecule has 2 rings (SSSR count). The molecule has 1 atom stereocenters. The predicted octanol–water partition coefficient (Wildman–Crippen LogP) is 0.410. The van der Waals surface area contributed by atoms with Crippen molar-refractivity contribution in [3.63, 3.8) is 0 Å². The lowest BCUT2D eigenvalue weighted by Gasteiger charge is -2.18. The van der Waals surface area contributed by atoms with Crippen LogP contribution in [0.1, 0.15) is 6.42 Å². The molecule has 0 aromatic carbocycles. The molecule has 94 valence electrons. The van der Waals surface area contributed by atoms with Crippen molar-refractivity contribution in [1.29, 1.82) is 0 Å². The van der Waals surface area contributed by atoms with Crippen LogP contribution >= 0.6 is 11.6 Å². The first-order valence-corrected chi connectivity index (χ1v) is 5.92. The van der Waals surface area contributed by atoms with Crippen LogP contribution in [0.25, 0.3) is 0 Å². The van der Waals surface area contributed by atoms with Gasteiger partial charge in [0.1, 0.15) is 0 Å². The third-order valence-electron chi connectivity index (χ3n) is 2.81. The molecule has 1 fully saturated rings. The van der Waals surface area contributed by atoms with E-state index >= 15 is 0 Å². The van der Waals surface area contributed by atoms with E-state index in [-0.39, 0.29) is 11.9 Å². The Morgan fingerprint density at radius 3 is 2.76 bits per heavy atom. The lowest BCUT2D eigenvalue weighted by atomic mass is 10.1. The Kier molecular flexibility index (Phi) is 3.63. The molecule has 6 nitrogen and oxygen atoms in total. The lowest BCUT2D eigenvalue weighted by Crippen LogP contribution is -2.24. The Labute approximate surface area is 105 Å². The van der Waals surface area contributed by atoms with Crippen LogP contribution in [-0.4, -0.2) is 53.9 Å². The highest BCUT2D eigenvalue weighted by molar-refractivity contribution is 6.28. The van der Waals surface area contributed by atoms with Crippen molar-refractivity contribution in [1.82, 2.24) is 15.0 Å². The number of aliphatic hydroxyl groups is 1. The topological polar surface area (TPSA) is 65.4 Å². The Bertz CT molecular complexity index is 400. The van der Waals surface area contributed by atoms with Crippen LogP contribution < -0.4 is 9.80 Å². The van der Waals surface area contributed by atoms with Gasteiger partial charge in [-0.05, 0) is 18.0 Å². The van der Waals surface area contributed by atoms with Crippen LogP contribution in [-0.2, 0) is 0 Å². The largest absolute Gasteiger partial charge is 0.396 e. The minimum Gasteiger partial charge on any atom is -0.396 e. The van der Waals surface area contributed by atoms with Crippen molar-refractivity contribution in [2.45, 2.75) is 6.42 Å². The molecule has 17 heavy (non-hydrogen) atoms. The van der Waals surface area contributed by atoms with Gasteiger partial charge >= 0.3 is 0 Å². The molecule has 0 spiro atoms. The number of nitrogens with zero attached hydrogens (tertiary/aromatic N) is 5. The highest BCUT2D eigenvalue weighted by Crippen LogP contribution is 2.22. The van der Waals surface area contributed by atoms with E-state index in [1.54, 1.807) is 4.90 Å². The van der Waals surface area contributed by atoms with E-state index in [4.69, 9.17) is 16.7 Å². The summed E-state index contributed by atoms with van der Waals surface area (Å²) in [6.07, 6.45) is 0.955. The van der Waals surface area contributed by atoms with Crippen molar-refractivity contribution in [2.24, 2.45) is 5.92 Å². The maximum absolute atomic E-state index is 9.11. The highest BCUT2D eigenvalue weighted by atomic mass is 35.5. The fourth-order valence-corrected chi connectivity index (χ4v) is 1.99. The fraction of sp³-hybridized carbons (Fsp3) is 0.700. The number of halogens is 1. The number of aliphatic hydroxyl groups excluding tert-OH is 1. The molecule has 1 aromatic heterocycles. The van der Waals surface area contributed by atoms with Gasteiger partial charge in [-0.25, -0.2) is 0 Å². The minimum atomic E-state index is 0.200. The van der Waals surface area contributed by atoms with Crippen molar-refractivity contribution in [2.75, 3.05) is 43.6 Å². The predicted molar refractivity (Wildman–Crippen MR) is 66.6 cm³/mol. The van der Waals surface area contributed by atoms with Gasteiger partial charge in [-0.15, -0.1) is 0 Å². The van der Waals surface area contributed by atoms with E-state index in [0.29, 0.717) is 17.8 Å². The second kappa shape index (κ2) is 5.01. The van der Waals surface area contributed by atoms with Crippen LogP contribution in [0.3, 0.4) is 0 Å². The molecular formula is C10H16ClN5O. The zero-order chi connectivity index (χ0) is 12.4. The molecule has 1 aliphatic rings. The van der Waals surface area contributed by atoms with Gasteiger partial charge in [-0.2, -0.15) is 15.0 Å². The molecule has 1 saturated heterocycles. The average Bonchev–Trinajstić information content (AvgIpc) is 2.76. The summed E-state index contributed by atoms with van der Waals surface area (Å²) in [5.74, 6) is 1.44. The van der Waals surface area contributed by atoms with Crippen LogP contribution in [0.15, 0.2) is 0 Å². The zero-order valence-corrected chi connectivity index (χ0v) is 10.7. The molecule has 0 saturated carbocycles. The third kappa shape index (κ3) is 2.76. The fourth-order valence-electron chi connectivity index (χ4n) is 1.83. The summed E-state index contributed by atoms with van der Waals surface area (Å²) in [4.78, 5) is 16.3. The Hall–Kier alpha value is -1.14. The lowest BCUT2D eigenvalue weighted by molar-refractivity contribution is 0.238. The van der Waals surface area contributed by atoms with E-state index in [1.807, 2.05) is 19.0 Å². The first-order chi connectivity index (χ1) is 8.10. The maximum Gasteiger partial charge on any atom is 0.231 e. The summed E-state index contributed by atoms with van der Waals surface area (Å²) in [5, 5.41) is 9.31. The van der Waals surface area contributed by atoms with Gasteiger partial charge < -0.3 is 14.9 Å². The van der Waals surface area contributed by atoms with Crippen molar-refractivity contribution < 1.29 is 5.11 Å². The normalized spacial score (nSPS) is 19.8. The molecule has 1 N–H and O–H groups in total. The maximum atomic E-state index is 9.11. The molecular weight excluding hydrogens is 242 g/mol. The van der Waals surface area contributed by atoms with Gasteiger partial charge in [0.25, 0.3) is 0 Å². The molecule has 0 radical (unpaired) electrons. The monoisotopic (exact) mass is 257 g/mol. The summed E-state index contributed by atoms with van der Waals surface area (Å²) in [7, 11) is 3.71. The summed E-state index contributed by atoms with van der Waals surface area (Å²) >= 11 is 5.88. The van der Waals surface area contributed by atoms with Gasteiger partial charge in [0.05, 0.1) is 0 Å². The Morgan fingerprint density at radius 1 is 1.41 bits per heavy atom. The van der Waals surface area contributed by atoms with Gasteiger partial charge in [-0.3, -0.25) is 0 Å². The first-order valence-electron chi connectivity index (χ1n) is 5.55. The number of rotatable bonds is 3. The van der Waals surface area contributed by atoms with Crippen molar-refractivity contribution >= 4 is 23.5 Å². The van der Waals surface area contributed by atoms with Crippen molar-refractivity contribution in [3.8, 4) is 0 Å². The van der Waals surface area contributed by atoms with E-state index in [9.17, 15) is 0 Å². The standard InChI is InChI=1S/C10H16ClN5O/c1-15(2)9-12-8(11)13-10(14-9)16-4-3-7(5-16)6-17/h7,17H,3-6H2,1-2H3. The van der Waals surface area contributed by atoms with Crippen LogP contribution in [0.2, 0.25) is 5.28 Å². The molecule has 1 unspecified atom stereocenters. The number of anilines is 2. The summed E-state index contributed by atoms with van der Waals surface area (Å²) in [6, 6.07) is 0. The van der Waals surface area contributed by atoms with E-state index in [0.717, 1.165) is 19.5 Å². The zero-order valence-electron chi connectivity index (χ0n) is 9.97. The molecule has 7 heteroatoms. The molecule has 0 amide bonds. The molecule has 2 heterocycles. The van der Waals surface area contributed by atoms with Gasteiger partial charge in [0.2, 0.25) is 17.2 Å². The van der Waals surface area contributed by atoms with Crippen LogP contribution in [0, 0.1) is 5.92 Å². The SMILES string of the molecule is CN(C)c1nc(Cl)nc(N2CCC(CO)C2)n1. The summed E-state index contributed by atoms with van der Waals surface area (Å²) in [6.45, 7) is 1.82. The summed E-state index contributed by atoms with van der Waals surface area (Å²) < 4.78 is 0. The average molecular weight is 258 g/mol. The number of aromatic nitrogens is 3. The highest BCUT2D eigenvalue weighted by Gasteiger charge is 2.24. The van der Waals surface area contributed by atoms with Gasteiger partial charge in [0.15, 0.2) is 0 Å². The second-order valence-electron chi connectivity index (χ2n) is 4.38. The van der Waals surface area contributed by atoms with Gasteiger partial charge in [0, 0.05) is 39.7 Å². The smallest absolute Gasteiger partial charge is 0.231 e. The molecule has 0 bridgehead atoms.